The van der Waals surface area contributed by atoms with Gasteiger partial charge in [-0.05, 0) is 180 Å². The SMILES string of the molecule is CC(C)(C)C(=O)Nc1cncc(-c2ccc3[nH]nc(-c4nc5c(-c6ccccn6)cccc5[nH]4)c3c2)c1.CC(C)C(=O)Nc1cncc(-c2ccc3[nH]nc(-c4nc5c(-c6ccccn6)cccc5[nH]4)c3c2)c1.CCNCc1cncc(-c2ccc3[nH]nc(-c4nc5c(-c6ccccn6)cccc5[nH]4)c3c2)c1.CN(C)c1cncc(-c2ccc3[nH]nc(-c4nc5c(-c6ccccn6)cccc5[nH]4)c3c2)c1. The summed E-state index contributed by atoms with van der Waals surface area (Å²) >= 11 is 0. The Kier molecular flexibility index (Phi) is 23.9. The van der Waals surface area contributed by atoms with Crippen molar-refractivity contribution in [2.45, 2.75) is 48.1 Å². The van der Waals surface area contributed by atoms with E-state index in [9.17, 15) is 9.59 Å². The van der Waals surface area contributed by atoms with Gasteiger partial charge in [0.05, 0.1) is 125 Å². The smallest absolute Gasteiger partial charge is 0.229 e. The van der Waals surface area contributed by atoms with Gasteiger partial charge in [0, 0.05) is 154 Å². The van der Waals surface area contributed by atoms with Gasteiger partial charge in [0.15, 0.2) is 23.3 Å². The molecule has 0 aliphatic carbocycles. The normalized spacial score (nSPS) is 11.5. The van der Waals surface area contributed by atoms with Crippen molar-refractivity contribution in [3.05, 3.63) is 323 Å². The minimum Gasteiger partial charge on any atom is -0.376 e. The molecular weight excluding hydrogens is 1750 g/mol. The zero-order chi connectivity index (χ0) is 95.5. The highest BCUT2D eigenvalue weighted by Crippen LogP contribution is 2.41. The highest BCUT2D eigenvalue weighted by atomic mass is 16.2. The number of para-hydroxylation sites is 4. The quantitative estimate of drug-likeness (QED) is 0.0358. The minimum absolute atomic E-state index is 0.0449. The lowest BCUT2D eigenvalue weighted by molar-refractivity contribution is -0.123. The Morgan fingerprint density at radius 3 is 0.993 bits per heavy atom. The number of carbonyl (C=O) groups is 2. The Labute approximate surface area is 801 Å². The summed E-state index contributed by atoms with van der Waals surface area (Å²) in [5.74, 6) is 2.57. The predicted molar refractivity (Wildman–Crippen MR) is 554 cm³/mol. The van der Waals surface area contributed by atoms with Crippen LogP contribution in [0.15, 0.2) is 317 Å². The van der Waals surface area contributed by atoms with Gasteiger partial charge in [0.1, 0.15) is 22.8 Å². The molecule has 11 N–H and O–H groups in total. The number of imidazole rings is 4. The first-order valence-corrected chi connectivity index (χ1v) is 45.8. The number of aromatic nitrogens is 24. The molecule has 0 bridgehead atoms. The van der Waals surface area contributed by atoms with Gasteiger partial charge in [0.25, 0.3) is 0 Å². The lowest BCUT2D eigenvalue weighted by Crippen LogP contribution is -2.27. The van der Waals surface area contributed by atoms with Crippen molar-refractivity contribution >= 4 is 117 Å². The number of H-pyrrole nitrogens is 8. The lowest BCUT2D eigenvalue weighted by atomic mass is 9.95. The first-order chi connectivity index (χ1) is 68.4. The number of benzene rings is 8. The van der Waals surface area contributed by atoms with E-state index in [1.54, 1.807) is 49.6 Å². The fourth-order valence-corrected chi connectivity index (χ4v) is 16.8. The Balaban J connectivity index is 0.000000111. The van der Waals surface area contributed by atoms with Crippen LogP contribution >= 0.6 is 0 Å². The Morgan fingerprint density at radius 1 is 0.343 bits per heavy atom. The average molecular weight is 1840 g/mol. The molecule has 0 aliphatic heterocycles. The van der Waals surface area contributed by atoms with E-state index in [0.717, 1.165) is 236 Å². The van der Waals surface area contributed by atoms with Gasteiger partial charge in [-0.2, -0.15) is 20.4 Å². The molecule has 0 saturated heterocycles. The molecule has 0 spiro atoms. The highest BCUT2D eigenvalue weighted by molar-refractivity contribution is 6.04. The number of nitrogens with one attached hydrogen (secondary N) is 11. The number of hydrogen-bond donors (Lipinski definition) is 11. The molecule has 24 rings (SSSR count). The van der Waals surface area contributed by atoms with Crippen molar-refractivity contribution in [1.29, 1.82) is 0 Å². The van der Waals surface area contributed by atoms with Crippen molar-refractivity contribution in [2.24, 2.45) is 11.3 Å². The van der Waals surface area contributed by atoms with E-state index >= 15 is 0 Å². The summed E-state index contributed by atoms with van der Waals surface area (Å²) in [4.78, 5) is 95.6. The van der Waals surface area contributed by atoms with E-state index in [1.807, 2.05) is 266 Å². The Bertz CT molecular complexity index is 8680. The third-order valence-electron chi connectivity index (χ3n) is 24.1. The third-order valence-corrected chi connectivity index (χ3v) is 24.1. The first kappa shape index (κ1) is 88.0. The summed E-state index contributed by atoms with van der Waals surface area (Å²) in [5.41, 5.74) is 32.4. The summed E-state index contributed by atoms with van der Waals surface area (Å²) in [5, 5.41) is 43.9. The van der Waals surface area contributed by atoms with Crippen LogP contribution in [0.25, 0.3) is 223 Å². The minimum atomic E-state index is -0.496. The fourth-order valence-electron chi connectivity index (χ4n) is 16.8. The van der Waals surface area contributed by atoms with Crippen LogP contribution in [0.5, 0.6) is 0 Å². The summed E-state index contributed by atoms with van der Waals surface area (Å²) in [6.07, 6.45) is 21.6. The van der Waals surface area contributed by atoms with E-state index in [4.69, 9.17) is 19.9 Å². The topological polar surface area (TPSA) is 406 Å². The van der Waals surface area contributed by atoms with Crippen LogP contribution in [0.4, 0.5) is 17.1 Å². The Morgan fingerprint density at radius 2 is 0.671 bits per heavy atom. The van der Waals surface area contributed by atoms with E-state index in [-0.39, 0.29) is 17.7 Å². The number of anilines is 3. The molecule has 0 unspecified atom stereocenters. The molecule has 0 saturated carbocycles. The molecule has 16 aromatic heterocycles. The Hall–Kier alpha value is -18.6. The van der Waals surface area contributed by atoms with Crippen LogP contribution in [0.2, 0.25) is 0 Å². The number of pyridine rings is 8. The predicted octanol–water partition coefficient (Wildman–Crippen LogP) is 22.7. The van der Waals surface area contributed by atoms with Crippen molar-refractivity contribution in [1.82, 2.24) is 126 Å². The van der Waals surface area contributed by atoms with Crippen LogP contribution in [0.1, 0.15) is 47.1 Å². The van der Waals surface area contributed by atoms with Gasteiger partial charge < -0.3 is 40.8 Å². The van der Waals surface area contributed by atoms with Crippen LogP contribution in [-0.2, 0) is 16.1 Å². The summed E-state index contributed by atoms with van der Waals surface area (Å²) in [6.45, 7) is 13.2. The summed E-state index contributed by atoms with van der Waals surface area (Å²) in [7, 11) is 4.03. The molecule has 684 valence electrons. The van der Waals surface area contributed by atoms with Crippen LogP contribution in [0, 0.1) is 11.3 Å². The summed E-state index contributed by atoms with van der Waals surface area (Å²) in [6, 6.07) is 80.5. The fraction of sp³-hybridized carbons (Fsp3) is 0.109. The zero-order valence-electron chi connectivity index (χ0n) is 77.4. The van der Waals surface area contributed by atoms with Gasteiger partial charge in [0.2, 0.25) is 11.8 Å². The number of hydrogen-bond acceptors (Lipinski definition) is 20. The lowest BCUT2D eigenvalue weighted by Gasteiger charge is -2.17. The molecule has 0 aliphatic rings. The first-order valence-electron chi connectivity index (χ1n) is 45.8. The molecule has 30 heteroatoms. The molecule has 2 amide bonds. The van der Waals surface area contributed by atoms with Gasteiger partial charge in [-0.25, -0.2) is 19.9 Å². The number of amides is 2. The molecule has 0 radical (unpaired) electrons. The van der Waals surface area contributed by atoms with Crippen LogP contribution < -0.4 is 20.9 Å². The van der Waals surface area contributed by atoms with Crippen LogP contribution in [0.3, 0.4) is 0 Å². The molecule has 0 fully saturated rings. The molecule has 24 aromatic rings. The molecule has 140 heavy (non-hydrogen) atoms. The van der Waals surface area contributed by atoms with Gasteiger partial charge in [-0.15, -0.1) is 0 Å². The number of nitrogens with zero attached hydrogens (tertiary/aromatic N) is 17. The zero-order valence-corrected chi connectivity index (χ0v) is 77.4. The molecular formula is C110H92N28O2. The highest BCUT2D eigenvalue weighted by Gasteiger charge is 2.26. The van der Waals surface area contributed by atoms with E-state index in [0.29, 0.717) is 23.0 Å². The number of rotatable bonds is 19. The maximum Gasteiger partial charge on any atom is 0.229 e. The van der Waals surface area contributed by atoms with E-state index in [1.165, 1.54) is 0 Å². The molecule has 30 nitrogen and oxygen atoms in total. The van der Waals surface area contributed by atoms with E-state index < -0.39 is 5.41 Å². The third kappa shape index (κ3) is 18.2. The number of aromatic amines is 8. The summed E-state index contributed by atoms with van der Waals surface area (Å²) < 4.78 is 0. The number of carbonyl (C=O) groups excluding carboxylic acids is 2. The van der Waals surface area contributed by atoms with Gasteiger partial charge in [-0.1, -0.05) is 139 Å². The second-order valence-electron chi connectivity index (χ2n) is 35.3. The standard InChI is InChI=1S/C29H25N7O.C28H23N7O.C27H23N7.C26H21N7/c1-29(2,3)28(37)32-19-13-18(15-30-16-19)17-10-11-23-21(14-17)26(36-35-23)27-33-24-9-6-7-20(25(24)34-27)22-8-4-5-12-31-22;1-16(2)28(36)31-19-12-18(14-29-15-19)17-9-10-23-21(13-17)26(35-34-23)27-32-24-8-5-6-20(25(24)33-27)22-7-3-4-11-30-22;1-2-28-14-17-12-19(16-29-15-17)18-9-10-23-21(13-18)26(34-33-23)27-31-24-8-5-6-20(25(24)32-27)22-7-3-4-11-30-22;1-33(2)18-12-17(14-27-15-18)16-9-10-22-20(13-16)25(32-31-22)26-29-23-8-5-6-19(24(23)30-26)21-7-3-4-11-28-21/h4-16H,1-3H3,(H,32,37)(H,33,34)(H,35,36);3-16H,1-2H3,(H,31,36)(H,32,33)(H,34,35);3-13,15-16,28H,2,14H2,1H3,(H,31,32)(H,33,34);3-15H,1-2H3,(H,29,30)(H,31,32). The molecule has 8 aromatic carbocycles. The second kappa shape index (κ2) is 38.1. The van der Waals surface area contributed by atoms with Gasteiger partial charge in [-0.3, -0.25) is 69.9 Å². The monoisotopic (exact) mass is 1840 g/mol. The van der Waals surface area contributed by atoms with Crippen molar-refractivity contribution in [3.63, 3.8) is 0 Å². The second-order valence-corrected chi connectivity index (χ2v) is 35.3. The maximum absolute atomic E-state index is 12.4. The number of fused-ring (bicyclic) bond motifs is 8. The van der Waals surface area contributed by atoms with E-state index in [2.05, 4.69) is 178 Å². The average Bonchev–Trinajstić information content (AvgIpc) is 1.63. The van der Waals surface area contributed by atoms with Crippen LogP contribution in [-0.4, -0.2) is 153 Å². The van der Waals surface area contributed by atoms with Crippen molar-refractivity contribution < 1.29 is 9.59 Å². The van der Waals surface area contributed by atoms with Gasteiger partial charge >= 0.3 is 0 Å². The largest absolute Gasteiger partial charge is 0.376 e. The van der Waals surface area contributed by atoms with Crippen molar-refractivity contribution in [3.8, 4) is 136 Å². The van der Waals surface area contributed by atoms with Crippen molar-refractivity contribution in [2.75, 3.05) is 36.2 Å². The maximum atomic E-state index is 12.4. The molecule has 16 heterocycles. The molecule has 0 atom stereocenters.